The van der Waals surface area contributed by atoms with Crippen LogP contribution in [0.1, 0.15) is 39.5 Å². The third-order valence-electron chi connectivity index (χ3n) is 4.80. The normalized spacial score (nSPS) is 14.4. The van der Waals surface area contributed by atoms with Gasteiger partial charge in [0.1, 0.15) is 18.6 Å². The van der Waals surface area contributed by atoms with Gasteiger partial charge in [-0.05, 0) is 37.2 Å². The second-order valence-electron chi connectivity index (χ2n) is 7.38. The molecule has 3 amide bonds. The smallest absolute Gasteiger partial charge is 0.322 e. The lowest BCUT2D eigenvalue weighted by Crippen LogP contribution is -2.56. The highest BCUT2D eigenvalue weighted by atomic mass is 32.2. The van der Waals surface area contributed by atoms with E-state index in [-0.39, 0.29) is 24.8 Å². The molecule has 0 aromatic carbocycles. The largest absolute Gasteiger partial charge is 0.480 e. The Hall–Kier alpha value is -2.54. The van der Waals surface area contributed by atoms with Gasteiger partial charge in [0.05, 0.1) is 6.04 Å². The van der Waals surface area contributed by atoms with Crippen molar-refractivity contribution in [3.8, 4) is 0 Å². The number of amides is 3. The number of nitrogens with one attached hydrogen (secondary N) is 3. The number of carboxylic acids is 1. The number of carbonyl (C=O) groups is 4. The van der Waals surface area contributed by atoms with Gasteiger partial charge in [-0.25, -0.2) is 0 Å². The molecule has 4 unspecified atom stereocenters. The number of hydrogen-bond acceptors (Lipinski definition) is 7. The van der Waals surface area contributed by atoms with E-state index in [2.05, 4.69) is 20.9 Å². The highest BCUT2D eigenvalue weighted by Gasteiger charge is 2.29. The number of hydrogen-bond donors (Lipinski definition) is 7. The molecule has 0 aliphatic rings. The quantitative estimate of drug-likeness (QED) is 0.0771. The van der Waals surface area contributed by atoms with Crippen molar-refractivity contribution in [1.29, 1.82) is 0 Å². The average Bonchev–Trinajstić information content (AvgIpc) is 2.75. The van der Waals surface area contributed by atoms with Gasteiger partial charge >= 0.3 is 5.97 Å². The standard InChI is InChI=1S/C19H37N7O5S/c1-4-11(2)15(20)18(31)26-13(7-9-32-3)17(30)25-12(6-5-8-23-19(21)22)16(29)24-10-14(27)28/h11-13,15H,4-10,20H2,1-3H3,(H,24,29)(H,25,30)(H,26,31)(H,27,28)(H4,21,22,23). The number of thioether (sulfide) groups is 1. The van der Waals surface area contributed by atoms with E-state index < -0.39 is 48.4 Å². The summed E-state index contributed by atoms with van der Waals surface area (Å²) in [6, 6.07) is -2.68. The number of aliphatic imine (C=N–C) groups is 1. The second-order valence-corrected chi connectivity index (χ2v) is 8.36. The first-order valence-corrected chi connectivity index (χ1v) is 11.8. The van der Waals surface area contributed by atoms with Crippen molar-refractivity contribution in [2.45, 2.75) is 57.7 Å². The van der Waals surface area contributed by atoms with Gasteiger partial charge in [0.15, 0.2) is 5.96 Å². The number of rotatable bonds is 16. The number of carbonyl (C=O) groups excluding carboxylic acids is 3. The maximum atomic E-state index is 12.9. The first kappa shape index (κ1) is 29.5. The molecule has 10 N–H and O–H groups in total. The van der Waals surface area contributed by atoms with Crippen molar-refractivity contribution in [3.05, 3.63) is 0 Å². The summed E-state index contributed by atoms with van der Waals surface area (Å²) >= 11 is 1.50. The zero-order valence-electron chi connectivity index (χ0n) is 18.9. The lowest BCUT2D eigenvalue weighted by molar-refractivity contribution is -0.138. The number of guanidine groups is 1. The molecule has 0 bridgehead atoms. The molecule has 12 nitrogen and oxygen atoms in total. The maximum Gasteiger partial charge on any atom is 0.322 e. The average molecular weight is 476 g/mol. The minimum Gasteiger partial charge on any atom is -0.480 e. The third-order valence-corrected chi connectivity index (χ3v) is 5.44. The van der Waals surface area contributed by atoms with Crippen LogP contribution in [0.4, 0.5) is 0 Å². The van der Waals surface area contributed by atoms with Gasteiger partial charge < -0.3 is 38.3 Å². The van der Waals surface area contributed by atoms with Gasteiger partial charge in [0, 0.05) is 6.54 Å². The number of nitrogens with two attached hydrogens (primary N) is 3. The van der Waals surface area contributed by atoms with Crippen LogP contribution < -0.4 is 33.2 Å². The summed E-state index contributed by atoms with van der Waals surface area (Å²) < 4.78 is 0. The van der Waals surface area contributed by atoms with E-state index in [1.54, 1.807) is 0 Å². The Kier molecular flexibility index (Phi) is 14.9. The fourth-order valence-electron chi connectivity index (χ4n) is 2.62. The number of aliphatic carboxylic acids is 1. The SMILES string of the molecule is CCC(C)C(N)C(=O)NC(CCSC)C(=O)NC(CCCN=C(N)N)C(=O)NCC(=O)O. The summed E-state index contributed by atoms with van der Waals surface area (Å²) in [5.74, 6) is -2.44. The molecule has 0 fully saturated rings. The Bertz CT molecular complexity index is 658. The predicted octanol–water partition coefficient (Wildman–Crippen LogP) is -1.66. The molecule has 4 atom stereocenters. The Labute approximate surface area is 192 Å². The summed E-state index contributed by atoms with van der Waals surface area (Å²) in [5, 5.41) is 16.3. The van der Waals surface area contributed by atoms with Gasteiger partial charge in [0.2, 0.25) is 17.7 Å². The predicted molar refractivity (Wildman–Crippen MR) is 125 cm³/mol. The van der Waals surface area contributed by atoms with E-state index in [0.29, 0.717) is 25.0 Å². The summed E-state index contributed by atoms with van der Waals surface area (Å²) in [6.45, 7) is 3.41. The van der Waals surface area contributed by atoms with Gasteiger partial charge in [0.25, 0.3) is 0 Å². The Morgan fingerprint density at radius 1 is 1.03 bits per heavy atom. The molecular weight excluding hydrogens is 438 g/mol. The second kappa shape index (κ2) is 16.1. The molecule has 0 aliphatic heterocycles. The van der Waals surface area contributed by atoms with E-state index in [4.69, 9.17) is 22.3 Å². The third kappa shape index (κ3) is 12.3. The number of carboxylic acid groups (broad SMARTS) is 1. The van der Waals surface area contributed by atoms with Gasteiger partial charge in [-0.15, -0.1) is 0 Å². The molecular formula is C19H37N7O5S. The molecule has 0 heterocycles. The molecule has 0 saturated heterocycles. The molecule has 0 rings (SSSR count). The van der Waals surface area contributed by atoms with E-state index in [9.17, 15) is 19.2 Å². The van der Waals surface area contributed by atoms with E-state index in [1.807, 2.05) is 20.1 Å². The van der Waals surface area contributed by atoms with E-state index >= 15 is 0 Å². The monoisotopic (exact) mass is 475 g/mol. The minimum absolute atomic E-state index is 0.0654. The Morgan fingerprint density at radius 2 is 1.62 bits per heavy atom. The van der Waals surface area contributed by atoms with E-state index in [0.717, 1.165) is 0 Å². The van der Waals surface area contributed by atoms with Crippen molar-refractivity contribution in [2.75, 3.05) is 25.1 Å². The topological polar surface area (TPSA) is 215 Å². The van der Waals surface area contributed by atoms with Crippen LogP contribution >= 0.6 is 11.8 Å². The lowest BCUT2D eigenvalue weighted by atomic mass is 9.99. The van der Waals surface area contributed by atoms with Gasteiger partial charge in [-0.1, -0.05) is 20.3 Å². The Balaban J connectivity index is 5.31. The summed E-state index contributed by atoms with van der Waals surface area (Å²) in [6.07, 6.45) is 3.45. The molecule has 13 heteroatoms. The molecule has 0 spiro atoms. The zero-order chi connectivity index (χ0) is 24.7. The fraction of sp³-hybridized carbons (Fsp3) is 0.737. The first-order chi connectivity index (χ1) is 15.0. The fourth-order valence-corrected chi connectivity index (χ4v) is 3.09. The molecule has 0 aromatic rings. The summed E-state index contributed by atoms with van der Waals surface area (Å²) in [7, 11) is 0. The minimum atomic E-state index is -1.21. The highest BCUT2D eigenvalue weighted by molar-refractivity contribution is 7.98. The molecule has 184 valence electrons. The van der Waals surface area contributed by atoms with Crippen LogP contribution in [-0.2, 0) is 19.2 Å². The lowest BCUT2D eigenvalue weighted by Gasteiger charge is -2.25. The van der Waals surface area contributed by atoms with Crippen LogP contribution in [0.15, 0.2) is 4.99 Å². The van der Waals surface area contributed by atoms with Crippen LogP contribution in [0.25, 0.3) is 0 Å². The van der Waals surface area contributed by atoms with E-state index in [1.165, 1.54) is 11.8 Å². The van der Waals surface area contributed by atoms with Crippen LogP contribution in [0, 0.1) is 5.92 Å². The maximum absolute atomic E-state index is 12.9. The van der Waals surface area contributed by atoms with Gasteiger partial charge in [-0.3, -0.25) is 24.2 Å². The first-order valence-electron chi connectivity index (χ1n) is 10.4. The number of nitrogens with zero attached hydrogens (tertiary/aromatic N) is 1. The molecule has 0 aliphatic carbocycles. The van der Waals surface area contributed by atoms with Crippen LogP contribution in [0.3, 0.4) is 0 Å². The van der Waals surface area contributed by atoms with Crippen LogP contribution in [-0.4, -0.2) is 78.0 Å². The molecule has 0 saturated carbocycles. The molecule has 32 heavy (non-hydrogen) atoms. The summed E-state index contributed by atoms with van der Waals surface area (Å²) in [4.78, 5) is 52.4. The molecule has 0 aromatic heterocycles. The highest BCUT2D eigenvalue weighted by Crippen LogP contribution is 2.08. The van der Waals surface area contributed by atoms with Crippen LogP contribution in [0.5, 0.6) is 0 Å². The van der Waals surface area contributed by atoms with Crippen molar-refractivity contribution in [3.63, 3.8) is 0 Å². The van der Waals surface area contributed by atoms with Crippen molar-refractivity contribution in [1.82, 2.24) is 16.0 Å². The molecule has 0 radical (unpaired) electrons. The van der Waals surface area contributed by atoms with Crippen molar-refractivity contribution in [2.24, 2.45) is 28.1 Å². The van der Waals surface area contributed by atoms with Crippen molar-refractivity contribution < 1.29 is 24.3 Å². The Morgan fingerprint density at radius 3 is 2.16 bits per heavy atom. The van der Waals surface area contributed by atoms with Gasteiger partial charge in [-0.2, -0.15) is 11.8 Å². The van der Waals surface area contributed by atoms with Crippen LogP contribution in [0.2, 0.25) is 0 Å². The van der Waals surface area contributed by atoms with Crippen molar-refractivity contribution >= 4 is 41.4 Å². The summed E-state index contributed by atoms with van der Waals surface area (Å²) in [5.41, 5.74) is 16.5. The zero-order valence-corrected chi connectivity index (χ0v) is 19.7.